The van der Waals surface area contributed by atoms with Crippen LogP contribution in [0.3, 0.4) is 0 Å². The number of fused-ring (bicyclic) bond motifs is 2. The zero-order valence-electron chi connectivity index (χ0n) is 64.3. The Morgan fingerprint density at radius 2 is 0.586 bits per heavy atom. The van der Waals surface area contributed by atoms with Crippen LogP contribution in [0.1, 0.15) is 33.3 Å². The average Bonchev–Trinajstić information content (AvgIpc) is 1.60. The molecule has 116 heavy (non-hydrogen) atoms. The van der Waals surface area contributed by atoms with E-state index in [1.807, 2.05) is 109 Å². The van der Waals surface area contributed by atoms with Gasteiger partial charge in [0, 0.05) is 27.3 Å². The molecule has 0 atom stereocenters. The number of rotatable bonds is 14. The molecule has 0 radical (unpaired) electrons. The van der Waals surface area contributed by atoms with E-state index in [0.29, 0.717) is 28.1 Å². The Morgan fingerprint density at radius 1 is 0.302 bits per heavy atom. The molecule has 0 unspecified atom stereocenters. The van der Waals surface area contributed by atoms with E-state index < -0.39 is 0 Å². The maximum absolute atomic E-state index is 9.16. The fraction of sp³-hybridized carbons (Fsp3) is 0.0566. The van der Waals surface area contributed by atoms with Crippen LogP contribution in [0.15, 0.2) is 397 Å². The smallest absolute Gasteiger partial charge is 0.436 e. The summed E-state index contributed by atoms with van der Waals surface area (Å²) in [7, 11) is -0.335. The van der Waals surface area contributed by atoms with Crippen LogP contribution in [-0.4, -0.2) is 28.3 Å². The van der Waals surface area contributed by atoms with Crippen molar-refractivity contribution in [1.29, 1.82) is 5.26 Å². The Kier molecular flexibility index (Phi) is 21.1. The van der Waals surface area contributed by atoms with Crippen LogP contribution >= 0.6 is 11.6 Å². The summed E-state index contributed by atoms with van der Waals surface area (Å²) in [5.41, 5.74) is 31.2. The van der Waals surface area contributed by atoms with Gasteiger partial charge in [0.2, 0.25) is 11.8 Å². The lowest BCUT2D eigenvalue weighted by molar-refractivity contribution is 0.00578. The summed E-state index contributed by atoms with van der Waals surface area (Å²) in [5, 5.41) is 9.81. The lowest BCUT2D eigenvalue weighted by Gasteiger charge is -2.32. The molecular formula is C106H76BClN4O4. The van der Waals surface area contributed by atoms with Crippen molar-refractivity contribution in [3.05, 3.63) is 410 Å². The van der Waals surface area contributed by atoms with E-state index in [9.17, 15) is 0 Å². The number of hydrogen-bond acceptors (Lipinski definition) is 7. The molecule has 0 spiro atoms. The minimum absolute atomic E-state index is 0.327. The van der Waals surface area contributed by atoms with Gasteiger partial charge in [-0.05, 0) is 211 Å². The third-order valence-corrected chi connectivity index (χ3v) is 22.0. The maximum atomic E-state index is 9.16. The zero-order valence-corrected chi connectivity index (χ0v) is 65.1. The van der Waals surface area contributed by atoms with E-state index >= 15 is 0 Å². The van der Waals surface area contributed by atoms with Crippen LogP contribution in [0, 0.1) is 17.9 Å². The van der Waals surface area contributed by atoms with E-state index in [4.69, 9.17) is 51.5 Å². The van der Waals surface area contributed by atoms with Crippen LogP contribution in [0.5, 0.6) is 0 Å². The predicted molar refractivity (Wildman–Crippen MR) is 477 cm³/mol. The molecule has 19 rings (SSSR count). The summed E-state index contributed by atoms with van der Waals surface area (Å²) in [4.78, 5) is 13.5. The highest BCUT2D eigenvalue weighted by Crippen LogP contribution is 2.43. The molecule has 554 valence electrons. The topological polar surface area (TPSA) is 98.7 Å². The molecule has 0 N–H and O–H groups in total. The summed E-state index contributed by atoms with van der Waals surface area (Å²) >= 11 is 6.28. The number of benzene rings is 16. The Bertz CT molecular complexity index is 6570. The molecule has 1 saturated heterocycles. The molecule has 0 aliphatic carbocycles. The first-order valence-corrected chi connectivity index (χ1v) is 39.0. The van der Waals surface area contributed by atoms with E-state index in [1.54, 1.807) is 0 Å². The van der Waals surface area contributed by atoms with Gasteiger partial charge in [0.25, 0.3) is 0 Å². The van der Waals surface area contributed by atoms with Gasteiger partial charge in [0.15, 0.2) is 16.9 Å². The second-order valence-corrected chi connectivity index (χ2v) is 30.2. The SMILES string of the molecule is Clc1cccc(-c2nc3c(-c4ccc(-c5ccccc5)cc4)cc(-c4ccc(-c5ccccc5)cc4)cc3o2)c1.N#Cc1ccc(-c2ccc(-c3cccc(-c4nc5c(-c6ccc(-c7ccccc7)cc6)cc(-c6ccc(-c7ccccc7)cc6)cc5o4)c3)cc2)cc1.[C-]#[N+]c1ccc(-c2ccc(B3OC(C)(C)C(C)(C)O3)cc2)cc1. The number of hydrogen-bond donors (Lipinski definition) is 0. The van der Waals surface area contributed by atoms with Crippen LogP contribution in [0.25, 0.3) is 172 Å². The van der Waals surface area contributed by atoms with Crippen molar-refractivity contribution >= 4 is 52.1 Å². The van der Waals surface area contributed by atoms with Gasteiger partial charge in [-0.1, -0.05) is 333 Å². The molecule has 0 bridgehead atoms. The van der Waals surface area contributed by atoms with Gasteiger partial charge >= 0.3 is 7.12 Å². The minimum atomic E-state index is -0.335. The highest BCUT2D eigenvalue weighted by molar-refractivity contribution is 6.62. The van der Waals surface area contributed by atoms with Crippen LogP contribution < -0.4 is 5.46 Å². The van der Waals surface area contributed by atoms with Gasteiger partial charge in [0.05, 0.1) is 29.4 Å². The molecule has 1 aliphatic rings. The first kappa shape index (κ1) is 74.5. The quantitative estimate of drug-likeness (QED) is 0.0790. The third kappa shape index (κ3) is 16.2. The van der Waals surface area contributed by atoms with Gasteiger partial charge in [-0.15, -0.1) is 0 Å². The molecule has 0 amide bonds. The minimum Gasteiger partial charge on any atom is -0.436 e. The van der Waals surface area contributed by atoms with Crippen molar-refractivity contribution < 1.29 is 18.1 Å². The summed E-state index contributed by atoms with van der Waals surface area (Å²) in [6.07, 6.45) is 0. The first-order chi connectivity index (χ1) is 56.7. The van der Waals surface area contributed by atoms with E-state index in [0.717, 1.165) is 117 Å². The second kappa shape index (κ2) is 32.8. The molecule has 1 fully saturated rings. The van der Waals surface area contributed by atoms with Crippen molar-refractivity contribution in [3.63, 3.8) is 0 Å². The van der Waals surface area contributed by atoms with Gasteiger partial charge in [-0.2, -0.15) is 5.26 Å². The highest BCUT2D eigenvalue weighted by Gasteiger charge is 2.51. The molecule has 10 heteroatoms. The molecule has 0 saturated carbocycles. The molecular weight excluding hydrogens is 1440 g/mol. The van der Waals surface area contributed by atoms with Crippen molar-refractivity contribution in [1.82, 2.24) is 9.97 Å². The maximum Gasteiger partial charge on any atom is 0.494 e. The van der Waals surface area contributed by atoms with Gasteiger partial charge < -0.3 is 18.1 Å². The Balaban J connectivity index is 0.000000135. The molecule has 3 heterocycles. The van der Waals surface area contributed by atoms with Crippen LogP contribution in [0.4, 0.5) is 5.69 Å². The number of halogens is 1. The zero-order chi connectivity index (χ0) is 79.1. The van der Waals surface area contributed by atoms with Crippen LogP contribution in [0.2, 0.25) is 5.02 Å². The van der Waals surface area contributed by atoms with E-state index in [-0.39, 0.29) is 18.3 Å². The molecule has 18 aromatic rings. The number of nitriles is 1. The molecule has 1 aliphatic heterocycles. The predicted octanol–water partition coefficient (Wildman–Crippen LogP) is 28.4. The lowest BCUT2D eigenvalue weighted by Crippen LogP contribution is -2.41. The molecule has 2 aromatic heterocycles. The Hall–Kier alpha value is -14.3. The second-order valence-electron chi connectivity index (χ2n) is 29.8. The normalized spacial score (nSPS) is 12.6. The summed E-state index contributed by atoms with van der Waals surface area (Å²) in [6.45, 7) is 15.2. The van der Waals surface area contributed by atoms with Crippen molar-refractivity contribution in [3.8, 4) is 151 Å². The van der Waals surface area contributed by atoms with Crippen LogP contribution in [-0.2, 0) is 9.31 Å². The fourth-order valence-corrected chi connectivity index (χ4v) is 14.8. The monoisotopic (exact) mass is 1510 g/mol. The summed E-state index contributed by atoms with van der Waals surface area (Å²) in [6, 6.07) is 135. The summed E-state index contributed by atoms with van der Waals surface area (Å²) < 4.78 is 25.1. The van der Waals surface area contributed by atoms with Crippen molar-refractivity contribution in [2.45, 2.75) is 38.9 Å². The van der Waals surface area contributed by atoms with E-state index in [1.165, 1.54) is 44.5 Å². The summed E-state index contributed by atoms with van der Waals surface area (Å²) in [5.74, 6) is 1.13. The van der Waals surface area contributed by atoms with Gasteiger partial charge in [0.1, 0.15) is 11.0 Å². The average molecular weight is 1520 g/mol. The highest BCUT2D eigenvalue weighted by atomic mass is 35.5. The lowest BCUT2D eigenvalue weighted by atomic mass is 9.78. The molecule has 8 nitrogen and oxygen atoms in total. The van der Waals surface area contributed by atoms with Gasteiger partial charge in [-0.3, -0.25) is 0 Å². The van der Waals surface area contributed by atoms with Crippen molar-refractivity contribution in [2.24, 2.45) is 0 Å². The van der Waals surface area contributed by atoms with Crippen molar-refractivity contribution in [2.75, 3.05) is 0 Å². The van der Waals surface area contributed by atoms with Gasteiger partial charge in [-0.25, -0.2) is 14.8 Å². The third-order valence-electron chi connectivity index (χ3n) is 21.8. The Morgan fingerprint density at radius 3 is 0.940 bits per heavy atom. The first-order valence-electron chi connectivity index (χ1n) is 38.7. The Labute approximate surface area is 681 Å². The standard InChI is InChI=1S/C50H32N2O.C37H24ClNO.C19H20BNO2/c51-33-34-14-16-37(17-15-34)40-18-22-41(23-19-40)44-12-7-13-45(30-44)50-52-49-47(43-28-26-39(27-29-43)36-10-5-2-6-11-36)31-46(32-48(49)53-50)42-24-20-38(21-25-42)35-8-3-1-4-9-35;38-33-13-7-12-31(22-33)37-39-36-34(30-20-18-28(19-21-30)26-10-5-2-6-11-26)23-32(24-35(36)40-37)29-16-14-27(15-17-29)25-8-3-1-4-9-25;1-18(2)19(3,4)23-20(22-18)16-10-6-14(7-11-16)15-8-12-17(21-5)13-9-15/h1-32H;1-24H;6-13H,1-4H3. The van der Waals surface area contributed by atoms with E-state index in [2.05, 4.69) is 318 Å². The molecule has 16 aromatic carbocycles. The number of aromatic nitrogens is 2. The number of nitrogens with zero attached hydrogens (tertiary/aromatic N) is 4. The number of oxazole rings is 2. The largest absolute Gasteiger partial charge is 0.494 e. The fourth-order valence-electron chi connectivity index (χ4n) is 14.6.